The van der Waals surface area contributed by atoms with E-state index >= 15 is 0 Å². The molecule has 1 aliphatic heterocycles. The van der Waals surface area contributed by atoms with Gasteiger partial charge in [-0.25, -0.2) is 0 Å². The highest BCUT2D eigenvalue weighted by Crippen LogP contribution is 2.28. The van der Waals surface area contributed by atoms with E-state index in [0.717, 1.165) is 27.3 Å². The second-order valence-corrected chi connectivity index (χ2v) is 7.79. The van der Waals surface area contributed by atoms with Crippen LogP contribution in [0.3, 0.4) is 0 Å². The van der Waals surface area contributed by atoms with Gasteiger partial charge in [0.05, 0.1) is 22.4 Å². The van der Waals surface area contributed by atoms with Gasteiger partial charge in [-0.05, 0) is 33.6 Å². The molecule has 0 spiro atoms. The van der Waals surface area contributed by atoms with Crippen LogP contribution in [0.5, 0.6) is 0 Å². The van der Waals surface area contributed by atoms with Crippen molar-refractivity contribution in [2.75, 3.05) is 13.1 Å². The highest BCUT2D eigenvalue weighted by Gasteiger charge is 2.34. The van der Waals surface area contributed by atoms with Gasteiger partial charge in [0.25, 0.3) is 0 Å². The number of carbonyl (C=O) groups excluding carboxylic acids is 1. The maximum Gasteiger partial charge on any atom is 0.225 e. The summed E-state index contributed by atoms with van der Waals surface area (Å²) in [6.07, 6.45) is 3.85. The van der Waals surface area contributed by atoms with Crippen molar-refractivity contribution in [2.45, 2.75) is 12.5 Å². The molecule has 0 unspecified atom stereocenters. The Hall–Kier alpha value is -1.18. The van der Waals surface area contributed by atoms with Gasteiger partial charge < -0.3 is 10.6 Å². The Kier molecular flexibility index (Phi) is 4.42. The number of halogens is 1. The van der Waals surface area contributed by atoms with Gasteiger partial charge in [0, 0.05) is 37.1 Å². The zero-order valence-electron chi connectivity index (χ0n) is 11.7. The first-order chi connectivity index (χ1) is 10.1. The maximum atomic E-state index is 12.4. The molecule has 1 saturated heterocycles. The third-order valence-corrected chi connectivity index (χ3v) is 5.39. The standard InChI is InChI=1S/C14H17BrN4OS/c1-19-8-9(4-18-19)11-6-16-7-12(11)14(20)17-5-10-2-3-13(15)21-10/h2-4,8,11-12,16H,5-7H2,1H3,(H,17,20)/t11-,12+/m1/s1. The van der Waals surface area contributed by atoms with E-state index in [4.69, 9.17) is 0 Å². The summed E-state index contributed by atoms with van der Waals surface area (Å²) in [5.41, 5.74) is 1.13. The second-order valence-electron chi connectivity index (χ2n) is 5.24. The summed E-state index contributed by atoms with van der Waals surface area (Å²) in [7, 11) is 1.90. The lowest BCUT2D eigenvalue weighted by atomic mass is 9.90. The Morgan fingerprint density at radius 1 is 1.57 bits per heavy atom. The van der Waals surface area contributed by atoms with E-state index in [1.807, 2.05) is 31.6 Å². The van der Waals surface area contributed by atoms with E-state index in [2.05, 4.69) is 31.7 Å². The predicted molar refractivity (Wildman–Crippen MR) is 86.2 cm³/mol. The fraction of sp³-hybridized carbons (Fsp3) is 0.429. The topological polar surface area (TPSA) is 59.0 Å². The van der Waals surface area contributed by atoms with Crippen LogP contribution in [-0.4, -0.2) is 28.8 Å². The van der Waals surface area contributed by atoms with Gasteiger partial charge in [-0.1, -0.05) is 0 Å². The molecule has 2 aromatic heterocycles. The number of hydrogen-bond donors (Lipinski definition) is 2. The number of aromatic nitrogens is 2. The largest absolute Gasteiger partial charge is 0.351 e. The number of hydrogen-bond acceptors (Lipinski definition) is 4. The zero-order chi connectivity index (χ0) is 14.8. The number of rotatable bonds is 4. The maximum absolute atomic E-state index is 12.4. The molecule has 1 amide bonds. The fourth-order valence-corrected chi connectivity index (χ4v) is 4.11. The fourth-order valence-electron chi connectivity index (χ4n) is 2.69. The van der Waals surface area contributed by atoms with Crippen LogP contribution in [-0.2, 0) is 18.4 Å². The Labute approximate surface area is 135 Å². The molecule has 112 valence electrons. The van der Waals surface area contributed by atoms with Crippen LogP contribution in [0.4, 0.5) is 0 Å². The summed E-state index contributed by atoms with van der Waals surface area (Å²) in [4.78, 5) is 13.6. The first-order valence-electron chi connectivity index (χ1n) is 6.84. The molecule has 0 saturated carbocycles. The van der Waals surface area contributed by atoms with Crippen LogP contribution in [0.25, 0.3) is 0 Å². The minimum atomic E-state index is -0.0300. The molecule has 2 N–H and O–H groups in total. The summed E-state index contributed by atoms with van der Waals surface area (Å²) in [6, 6.07) is 4.03. The van der Waals surface area contributed by atoms with E-state index in [9.17, 15) is 4.79 Å². The molecule has 1 fully saturated rings. The summed E-state index contributed by atoms with van der Waals surface area (Å²) in [6.45, 7) is 2.14. The average Bonchev–Trinajstić information content (AvgIpc) is 3.16. The lowest BCUT2D eigenvalue weighted by Crippen LogP contribution is -2.33. The molecule has 0 aromatic carbocycles. The van der Waals surface area contributed by atoms with Crippen molar-refractivity contribution in [3.05, 3.63) is 38.8 Å². The van der Waals surface area contributed by atoms with Crippen LogP contribution in [0.1, 0.15) is 16.4 Å². The van der Waals surface area contributed by atoms with Gasteiger partial charge in [0.15, 0.2) is 0 Å². The molecule has 3 rings (SSSR count). The minimum Gasteiger partial charge on any atom is -0.351 e. The van der Waals surface area contributed by atoms with Crippen molar-refractivity contribution in [1.29, 1.82) is 0 Å². The van der Waals surface area contributed by atoms with E-state index in [1.165, 1.54) is 0 Å². The third-order valence-electron chi connectivity index (χ3n) is 3.77. The molecule has 2 aromatic rings. The number of nitrogens with zero attached hydrogens (tertiary/aromatic N) is 2. The highest BCUT2D eigenvalue weighted by atomic mass is 79.9. The van der Waals surface area contributed by atoms with Crippen molar-refractivity contribution in [1.82, 2.24) is 20.4 Å². The molecule has 5 nitrogen and oxygen atoms in total. The van der Waals surface area contributed by atoms with Gasteiger partial charge in [-0.15, -0.1) is 11.3 Å². The molecular weight excluding hydrogens is 352 g/mol. The molecule has 0 aliphatic carbocycles. The van der Waals surface area contributed by atoms with Crippen molar-refractivity contribution in [3.8, 4) is 0 Å². The third kappa shape index (κ3) is 3.36. The summed E-state index contributed by atoms with van der Waals surface area (Å²) in [5, 5.41) is 10.6. The van der Waals surface area contributed by atoms with Crippen molar-refractivity contribution in [2.24, 2.45) is 13.0 Å². The Morgan fingerprint density at radius 3 is 3.10 bits per heavy atom. The molecule has 21 heavy (non-hydrogen) atoms. The smallest absolute Gasteiger partial charge is 0.225 e. The van der Waals surface area contributed by atoms with Crippen molar-refractivity contribution < 1.29 is 4.79 Å². The molecule has 0 bridgehead atoms. The van der Waals surface area contributed by atoms with Gasteiger partial charge in [0.2, 0.25) is 5.91 Å². The number of thiophene rings is 1. The minimum absolute atomic E-state index is 0.0300. The Bertz CT molecular complexity index is 638. The second kappa shape index (κ2) is 6.29. The van der Waals surface area contributed by atoms with Gasteiger partial charge >= 0.3 is 0 Å². The number of aryl methyl sites for hydroxylation is 1. The number of carbonyl (C=O) groups is 1. The average molecular weight is 369 g/mol. The van der Waals surface area contributed by atoms with E-state index < -0.39 is 0 Å². The molecular formula is C14H17BrN4OS. The lowest BCUT2D eigenvalue weighted by molar-refractivity contribution is -0.124. The summed E-state index contributed by atoms with van der Waals surface area (Å²) < 4.78 is 2.87. The first-order valence-corrected chi connectivity index (χ1v) is 8.45. The van der Waals surface area contributed by atoms with Crippen molar-refractivity contribution in [3.63, 3.8) is 0 Å². The molecule has 0 radical (unpaired) electrons. The van der Waals surface area contributed by atoms with Crippen LogP contribution in [0.15, 0.2) is 28.3 Å². The Morgan fingerprint density at radius 2 is 2.43 bits per heavy atom. The monoisotopic (exact) mass is 368 g/mol. The van der Waals surface area contributed by atoms with Crippen LogP contribution in [0.2, 0.25) is 0 Å². The normalized spacial score (nSPS) is 21.6. The van der Waals surface area contributed by atoms with Crippen LogP contribution < -0.4 is 10.6 Å². The predicted octanol–water partition coefficient (Wildman–Crippen LogP) is 1.86. The first kappa shape index (κ1) is 14.7. The molecule has 3 heterocycles. The number of nitrogens with one attached hydrogen (secondary N) is 2. The highest BCUT2D eigenvalue weighted by molar-refractivity contribution is 9.11. The van der Waals surface area contributed by atoms with Crippen molar-refractivity contribution >= 4 is 33.2 Å². The van der Waals surface area contributed by atoms with Crippen LogP contribution in [0, 0.1) is 5.92 Å². The number of amides is 1. The molecule has 2 atom stereocenters. The van der Waals surface area contributed by atoms with E-state index in [1.54, 1.807) is 16.0 Å². The van der Waals surface area contributed by atoms with Gasteiger partial charge in [0.1, 0.15) is 0 Å². The van der Waals surface area contributed by atoms with E-state index in [-0.39, 0.29) is 17.7 Å². The quantitative estimate of drug-likeness (QED) is 0.865. The SMILES string of the molecule is Cn1cc([C@H]2CNC[C@@H]2C(=O)NCc2ccc(Br)s2)cn1. The Balaban J connectivity index is 1.63. The van der Waals surface area contributed by atoms with E-state index in [0.29, 0.717) is 6.54 Å². The summed E-state index contributed by atoms with van der Waals surface area (Å²) >= 11 is 5.08. The summed E-state index contributed by atoms with van der Waals surface area (Å²) in [5.74, 6) is 0.282. The molecule has 1 aliphatic rings. The van der Waals surface area contributed by atoms with Gasteiger partial charge in [-0.3, -0.25) is 9.48 Å². The van der Waals surface area contributed by atoms with Gasteiger partial charge in [-0.2, -0.15) is 5.10 Å². The molecule has 7 heteroatoms. The lowest BCUT2D eigenvalue weighted by Gasteiger charge is -2.16. The zero-order valence-corrected chi connectivity index (χ0v) is 14.1. The van der Waals surface area contributed by atoms with Crippen LogP contribution >= 0.6 is 27.3 Å².